The molecule has 1 aromatic rings. The third-order valence-corrected chi connectivity index (χ3v) is 3.38. The number of rotatable bonds is 8. The summed E-state index contributed by atoms with van der Waals surface area (Å²) in [6, 6.07) is 1.70. The van der Waals surface area contributed by atoms with Crippen LogP contribution in [0.25, 0.3) is 0 Å². The number of carbonyl (C=O) groups is 2. The highest BCUT2D eigenvalue weighted by atomic mass is 32.2. The van der Waals surface area contributed by atoms with Gasteiger partial charge in [-0.05, 0) is 31.0 Å². The summed E-state index contributed by atoms with van der Waals surface area (Å²) in [6.45, 7) is 3.46. The number of aliphatic carboxylic acids is 1. The van der Waals surface area contributed by atoms with E-state index in [1.54, 1.807) is 0 Å². The molecule has 0 spiro atoms. The highest BCUT2D eigenvalue weighted by Crippen LogP contribution is 2.18. The minimum absolute atomic E-state index is 0.106. The van der Waals surface area contributed by atoms with Crippen LogP contribution >= 0.6 is 0 Å². The van der Waals surface area contributed by atoms with Crippen LogP contribution in [0.4, 0.5) is 10.1 Å². The highest BCUT2D eigenvalue weighted by molar-refractivity contribution is 7.92. The lowest BCUT2D eigenvalue weighted by atomic mass is 10.1. The van der Waals surface area contributed by atoms with Gasteiger partial charge in [0.2, 0.25) is 10.0 Å². The van der Waals surface area contributed by atoms with Gasteiger partial charge in [0.25, 0.3) is 5.91 Å². The number of sulfonamides is 1. The van der Waals surface area contributed by atoms with Crippen LogP contribution in [0.2, 0.25) is 0 Å². The Bertz CT molecular complexity index is 718. The molecule has 126 valence electrons. The number of carboxylic acids is 1. The number of carbonyl (C=O) groups excluding carboxylic acids is 1. The molecule has 0 aliphatic heterocycles. The molecular formula is C14H17FN2O5S. The van der Waals surface area contributed by atoms with Gasteiger partial charge in [-0.3, -0.25) is 9.52 Å². The number of anilines is 1. The molecule has 0 heterocycles. The molecule has 7 nitrogen and oxygen atoms in total. The number of benzene rings is 1. The number of hydrogen-bond donors (Lipinski definition) is 3. The van der Waals surface area contributed by atoms with E-state index >= 15 is 0 Å². The van der Waals surface area contributed by atoms with Gasteiger partial charge in [0.1, 0.15) is 11.9 Å². The Morgan fingerprint density at radius 2 is 2.09 bits per heavy atom. The lowest BCUT2D eigenvalue weighted by molar-refractivity contribution is -0.139. The zero-order chi connectivity index (χ0) is 17.6. The third-order valence-electron chi connectivity index (χ3n) is 2.78. The summed E-state index contributed by atoms with van der Waals surface area (Å²) in [5.74, 6) is -2.91. The zero-order valence-corrected chi connectivity index (χ0v) is 13.2. The Hall–Kier alpha value is -2.42. The van der Waals surface area contributed by atoms with Gasteiger partial charge >= 0.3 is 5.97 Å². The van der Waals surface area contributed by atoms with Gasteiger partial charge in [-0.1, -0.05) is 6.08 Å². The molecule has 1 aromatic carbocycles. The largest absolute Gasteiger partial charge is 0.480 e. The molecule has 9 heteroatoms. The molecule has 1 amide bonds. The van der Waals surface area contributed by atoms with Gasteiger partial charge in [-0.15, -0.1) is 6.58 Å². The summed E-state index contributed by atoms with van der Waals surface area (Å²) < 4.78 is 38.0. The first-order chi connectivity index (χ1) is 10.6. The van der Waals surface area contributed by atoms with Crippen molar-refractivity contribution in [1.82, 2.24) is 5.32 Å². The molecule has 0 radical (unpaired) electrons. The van der Waals surface area contributed by atoms with Crippen LogP contribution in [-0.4, -0.2) is 37.7 Å². The van der Waals surface area contributed by atoms with Gasteiger partial charge in [0.05, 0.1) is 17.5 Å². The first-order valence-corrected chi connectivity index (χ1v) is 8.45. The van der Waals surface area contributed by atoms with Crippen molar-refractivity contribution in [2.24, 2.45) is 0 Å². The Labute approximate surface area is 133 Å². The smallest absolute Gasteiger partial charge is 0.326 e. The van der Waals surface area contributed by atoms with Crippen LogP contribution in [0.1, 0.15) is 23.2 Å². The van der Waals surface area contributed by atoms with E-state index in [0.717, 1.165) is 24.5 Å². The summed E-state index contributed by atoms with van der Waals surface area (Å²) in [6.07, 6.45) is 2.84. The van der Waals surface area contributed by atoms with E-state index in [1.165, 1.54) is 6.08 Å². The van der Waals surface area contributed by atoms with Crippen molar-refractivity contribution in [2.45, 2.75) is 18.9 Å². The predicted octanol–water partition coefficient (Wildman–Crippen LogP) is 1.35. The molecule has 0 bridgehead atoms. The zero-order valence-electron chi connectivity index (χ0n) is 12.4. The fraction of sp³-hybridized carbons (Fsp3) is 0.286. The van der Waals surface area contributed by atoms with Gasteiger partial charge in [-0.25, -0.2) is 17.6 Å². The highest BCUT2D eigenvalue weighted by Gasteiger charge is 2.22. The number of allylic oxidation sites excluding steroid dienone is 1. The minimum atomic E-state index is -3.69. The molecule has 0 saturated carbocycles. The maximum Gasteiger partial charge on any atom is 0.326 e. The lowest BCUT2D eigenvalue weighted by Gasteiger charge is -2.16. The van der Waals surface area contributed by atoms with Gasteiger partial charge in [-0.2, -0.15) is 0 Å². The number of nitrogens with one attached hydrogen (secondary N) is 2. The van der Waals surface area contributed by atoms with Crippen LogP contribution in [-0.2, 0) is 14.8 Å². The van der Waals surface area contributed by atoms with Gasteiger partial charge < -0.3 is 10.4 Å². The third kappa shape index (κ3) is 6.07. The summed E-state index contributed by atoms with van der Waals surface area (Å²) in [5.41, 5.74) is -0.445. The maximum absolute atomic E-state index is 13.4. The first-order valence-electron chi connectivity index (χ1n) is 6.56. The summed E-state index contributed by atoms with van der Waals surface area (Å²) >= 11 is 0. The summed E-state index contributed by atoms with van der Waals surface area (Å²) in [7, 11) is -3.69. The maximum atomic E-state index is 13.4. The summed E-state index contributed by atoms with van der Waals surface area (Å²) in [5, 5.41) is 11.3. The molecule has 23 heavy (non-hydrogen) atoms. The van der Waals surface area contributed by atoms with Crippen LogP contribution < -0.4 is 10.0 Å². The fourth-order valence-corrected chi connectivity index (χ4v) is 2.35. The summed E-state index contributed by atoms with van der Waals surface area (Å²) in [4.78, 5) is 23.3. The van der Waals surface area contributed by atoms with E-state index in [0.29, 0.717) is 6.42 Å². The average Bonchev–Trinajstić information content (AvgIpc) is 2.43. The average molecular weight is 344 g/mol. The van der Waals surface area contributed by atoms with Crippen molar-refractivity contribution in [3.63, 3.8) is 0 Å². The van der Waals surface area contributed by atoms with Gasteiger partial charge in [0.15, 0.2) is 0 Å². The predicted molar refractivity (Wildman–Crippen MR) is 83.2 cm³/mol. The van der Waals surface area contributed by atoms with Crippen LogP contribution in [0.3, 0.4) is 0 Å². The Balaban J connectivity index is 3.08. The van der Waals surface area contributed by atoms with Crippen molar-refractivity contribution in [1.29, 1.82) is 0 Å². The first kappa shape index (κ1) is 18.6. The fourth-order valence-electron chi connectivity index (χ4n) is 1.77. The molecule has 0 aromatic heterocycles. The molecule has 0 fully saturated rings. The molecule has 0 aliphatic rings. The molecule has 1 rings (SSSR count). The Morgan fingerprint density at radius 3 is 2.61 bits per heavy atom. The topological polar surface area (TPSA) is 113 Å². The van der Waals surface area contributed by atoms with E-state index in [1.807, 2.05) is 0 Å². The molecule has 0 saturated heterocycles. The SMILES string of the molecule is C=CCCC(NC(=O)c1cc(F)ccc1NS(C)(=O)=O)C(=O)O. The van der Waals surface area contributed by atoms with Crippen LogP contribution in [0.15, 0.2) is 30.9 Å². The van der Waals surface area contributed by atoms with Crippen molar-refractivity contribution in [3.05, 3.63) is 42.2 Å². The number of carboxylic acid groups (broad SMARTS) is 1. The molecule has 1 unspecified atom stereocenters. The Kier molecular flexibility index (Phi) is 6.26. The molecular weight excluding hydrogens is 327 g/mol. The normalized spacial score (nSPS) is 12.3. The van der Waals surface area contributed by atoms with Crippen molar-refractivity contribution in [2.75, 3.05) is 11.0 Å². The number of halogens is 1. The second-order valence-corrected chi connectivity index (χ2v) is 6.54. The van der Waals surface area contributed by atoms with E-state index in [-0.39, 0.29) is 17.7 Å². The molecule has 0 aliphatic carbocycles. The second kappa shape index (κ2) is 7.73. The second-order valence-electron chi connectivity index (χ2n) is 4.79. The minimum Gasteiger partial charge on any atom is -0.480 e. The molecule has 1 atom stereocenters. The molecule has 3 N–H and O–H groups in total. The van der Waals surface area contributed by atoms with Crippen molar-refractivity contribution < 1.29 is 27.5 Å². The monoisotopic (exact) mass is 344 g/mol. The van der Waals surface area contributed by atoms with E-state index in [9.17, 15) is 22.4 Å². The van der Waals surface area contributed by atoms with Crippen LogP contribution in [0, 0.1) is 5.82 Å². The Morgan fingerprint density at radius 1 is 1.43 bits per heavy atom. The lowest BCUT2D eigenvalue weighted by Crippen LogP contribution is -2.41. The van der Waals surface area contributed by atoms with E-state index in [2.05, 4.69) is 16.6 Å². The standard InChI is InChI=1S/C14H17FN2O5S/c1-3-4-5-12(14(19)20)16-13(18)10-8-9(15)6-7-11(10)17-23(2,21)22/h3,6-8,12,17H,1,4-5H2,2H3,(H,16,18)(H,19,20). The quantitative estimate of drug-likeness (QED) is 0.616. The number of hydrogen-bond acceptors (Lipinski definition) is 4. The van der Waals surface area contributed by atoms with Crippen molar-refractivity contribution in [3.8, 4) is 0 Å². The van der Waals surface area contributed by atoms with Gasteiger partial charge in [0, 0.05) is 0 Å². The van der Waals surface area contributed by atoms with E-state index in [4.69, 9.17) is 5.11 Å². The van der Waals surface area contributed by atoms with Crippen LogP contribution in [0.5, 0.6) is 0 Å². The van der Waals surface area contributed by atoms with E-state index < -0.39 is 33.8 Å². The van der Waals surface area contributed by atoms with Crippen molar-refractivity contribution >= 4 is 27.6 Å². The number of amides is 1.